The van der Waals surface area contributed by atoms with Gasteiger partial charge in [-0.2, -0.15) is 0 Å². The number of fused-ring (bicyclic) bond motifs is 1. The third-order valence-electron chi connectivity index (χ3n) is 4.11. The molecular weight excluding hydrogens is 334 g/mol. The Bertz CT molecular complexity index is 639. The van der Waals surface area contributed by atoms with Crippen molar-refractivity contribution >= 4 is 17.6 Å². The average Bonchev–Trinajstić information content (AvgIpc) is 2.62. The standard InChI is InChI=1S/C18H25NO5.C2H6/c1-12-10-15-14(11-13(12)16(20)23-5)19(8-6-7-9-22-4)17(21)18(2,3)24-15;1-2/h10-11H,6-9H2,1-5H3;1-2H3. The first-order valence-electron chi connectivity index (χ1n) is 9.04. The van der Waals surface area contributed by atoms with Crippen molar-refractivity contribution in [3.63, 3.8) is 0 Å². The van der Waals surface area contributed by atoms with Crippen molar-refractivity contribution in [1.82, 2.24) is 0 Å². The molecule has 1 aliphatic rings. The SMILES string of the molecule is CC.COCCCCN1C(=O)C(C)(C)Oc2cc(C)c(C(=O)OC)cc21. The first-order chi connectivity index (χ1) is 12.3. The smallest absolute Gasteiger partial charge is 0.338 e. The van der Waals surface area contributed by atoms with E-state index in [1.807, 2.05) is 20.8 Å². The number of carbonyl (C=O) groups is 2. The maximum Gasteiger partial charge on any atom is 0.338 e. The number of methoxy groups -OCH3 is 2. The second-order valence-corrected chi connectivity index (χ2v) is 6.40. The van der Waals surface area contributed by atoms with Crippen LogP contribution in [-0.2, 0) is 14.3 Å². The minimum Gasteiger partial charge on any atom is -0.476 e. The Balaban J connectivity index is 0.00000163. The number of benzene rings is 1. The summed E-state index contributed by atoms with van der Waals surface area (Å²) in [6.07, 6.45) is 1.66. The Morgan fingerprint density at radius 3 is 2.42 bits per heavy atom. The van der Waals surface area contributed by atoms with Crippen LogP contribution in [0.1, 0.15) is 56.5 Å². The zero-order chi connectivity index (χ0) is 19.9. The quantitative estimate of drug-likeness (QED) is 0.568. The van der Waals surface area contributed by atoms with Gasteiger partial charge in [-0.1, -0.05) is 13.8 Å². The summed E-state index contributed by atoms with van der Waals surface area (Å²) in [6, 6.07) is 3.47. The van der Waals surface area contributed by atoms with Crippen molar-refractivity contribution in [2.75, 3.05) is 32.3 Å². The van der Waals surface area contributed by atoms with Crippen LogP contribution in [0.3, 0.4) is 0 Å². The van der Waals surface area contributed by atoms with Gasteiger partial charge in [0.2, 0.25) is 0 Å². The second-order valence-electron chi connectivity index (χ2n) is 6.40. The van der Waals surface area contributed by atoms with Crippen LogP contribution in [0.2, 0.25) is 0 Å². The van der Waals surface area contributed by atoms with Crippen LogP contribution in [0.4, 0.5) is 5.69 Å². The number of ether oxygens (including phenoxy) is 3. The van der Waals surface area contributed by atoms with Gasteiger partial charge < -0.3 is 19.1 Å². The van der Waals surface area contributed by atoms with E-state index in [1.165, 1.54) is 7.11 Å². The summed E-state index contributed by atoms with van der Waals surface area (Å²) >= 11 is 0. The van der Waals surface area contributed by atoms with Crippen LogP contribution < -0.4 is 9.64 Å². The van der Waals surface area contributed by atoms with Gasteiger partial charge in [0.1, 0.15) is 5.75 Å². The van der Waals surface area contributed by atoms with Crippen LogP contribution in [-0.4, -0.2) is 44.8 Å². The van der Waals surface area contributed by atoms with E-state index in [0.717, 1.165) is 18.4 Å². The molecule has 0 saturated heterocycles. The fraction of sp³-hybridized carbons (Fsp3) is 0.600. The summed E-state index contributed by atoms with van der Waals surface area (Å²) in [5.74, 6) is 0.0653. The molecule has 0 aromatic heterocycles. The highest BCUT2D eigenvalue weighted by atomic mass is 16.5. The average molecular weight is 365 g/mol. The van der Waals surface area contributed by atoms with Crippen LogP contribution >= 0.6 is 0 Å². The number of anilines is 1. The molecular formula is C20H31NO5. The van der Waals surface area contributed by atoms with Gasteiger partial charge in [0.15, 0.2) is 5.60 Å². The van der Waals surface area contributed by atoms with Crippen molar-refractivity contribution in [2.24, 2.45) is 0 Å². The van der Waals surface area contributed by atoms with Gasteiger partial charge in [-0.25, -0.2) is 4.79 Å². The maximum absolute atomic E-state index is 12.8. The number of esters is 1. The Morgan fingerprint density at radius 2 is 1.85 bits per heavy atom. The highest BCUT2D eigenvalue weighted by molar-refractivity contribution is 6.04. The molecule has 0 N–H and O–H groups in total. The molecule has 1 heterocycles. The second kappa shape index (κ2) is 9.57. The summed E-state index contributed by atoms with van der Waals surface area (Å²) in [7, 11) is 3.00. The zero-order valence-electron chi connectivity index (χ0n) is 17.0. The number of unbranched alkanes of at least 4 members (excludes halogenated alkanes) is 1. The van der Waals surface area contributed by atoms with Gasteiger partial charge in [0, 0.05) is 20.3 Å². The van der Waals surface area contributed by atoms with Gasteiger partial charge in [-0.15, -0.1) is 0 Å². The van der Waals surface area contributed by atoms with Crippen LogP contribution in [0.5, 0.6) is 5.75 Å². The van der Waals surface area contributed by atoms with Crippen molar-refractivity contribution < 1.29 is 23.8 Å². The predicted octanol–water partition coefficient (Wildman–Crippen LogP) is 3.74. The van der Waals surface area contributed by atoms with E-state index in [-0.39, 0.29) is 5.91 Å². The molecule has 0 radical (unpaired) electrons. The Labute approximate surface area is 156 Å². The van der Waals surface area contributed by atoms with E-state index >= 15 is 0 Å². The molecule has 1 aliphatic heterocycles. The molecule has 0 atom stereocenters. The van der Waals surface area contributed by atoms with Gasteiger partial charge in [0.25, 0.3) is 5.91 Å². The number of aryl methyl sites for hydroxylation is 1. The van der Waals surface area contributed by atoms with Gasteiger partial charge in [-0.3, -0.25) is 4.79 Å². The number of hydrogen-bond acceptors (Lipinski definition) is 5. The van der Waals surface area contributed by atoms with Gasteiger partial charge in [-0.05, 0) is 51.3 Å². The molecule has 1 aromatic rings. The fourth-order valence-electron chi connectivity index (χ4n) is 2.78. The topological polar surface area (TPSA) is 65.1 Å². The Hall–Kier alpha value is -2.08. The molecule has 0 fully saturated rings. The van der Waals surface area contributed by atoms with Crippen molar-refractivity contribution in [3.8, 4) is 5.75 Å². The number of nitrogens with zero attached hydrogens (tertiary/aromatic N) is 1. The first-order valence-corrected chi connectivity index (χ1v) is 9.04. The van der Waals surface area contributed by atoms with Crippen LogP contribution in [0.15, 0.2) is 12.1 Å². The monoisotopic (exact) mass is 365 g/mol. The van der Waals surface area contributed by atoms with E-state index in [0.29, 0.717) is 30.2 Å². The molecule has 6 heteroatoms. The molecule has 0 aliphatic carbocycles. The Morgan fingerprint density at radius 1 is 1.19 bits per heavy atom. The highest BCUT2D eigenvalue weighted by Crippen LogP contribution is 2.40. The molecule has 0 saturated carbocycles. The lowest BCUT2D eigenvalue weighted by Crippen LogP contribution is -2.52. The number of carbonyl (C=O) groups excluding carboxylic acids is 2. The van der Waals surface area contributed by atoms with Gasteiger partial charge >= 0.3 is 5.97 Å². The Kier molecular flexibility index (Phi) is 8.08. The normalized spacial score (nSPS) is 14.7. The number of amides is 1. The van der Waals surface area contributed by atoms with Crippen molar-refractivity contribution in [2.45, 2.75) is 53.1 Å². The summed E-state index contributed by atoms with van der Waals surface area (Å²) in [6.45, 7) is 10.5. The zero-order valence-corrected chi connectivity index (χ0v) is 17.0. The highest BCUT2D eigenvalue weighted by Gasteiger charge is 2.41. The lowest BCUT2D eigenvalue weighted by Gasteiger charge is -2.39. The molecule has 1 aromatic carbocycles. The number of hydrogen-bond donors (Lipinski definition) is 0. The predicted molar refractivity (Wildman–Crippen MR) is 102 cm³/mol. The molecule has 146 valence electrons. The summed E-state index contributed by atoms with van der Waals surface area (Å²) in [5.41, 5.74) is 0.870. The van der Waals surface area contributed by atoms with Crippen molar-refractivity contribution in [3.05, 3.63) is 23.3 Å². The van der Waals surface area contributed by atoms with E-state index in [9.17, 15) is 9.59 Å². The lowest BCUT2D eigenvalue weighted by molar-refractivity contribution is -0.132. The van der Waals surface area contributed by atoms with Crippen LogP contribution in [0.25, 0.3) is 0 Å². The largest absolute Gasteiger partial charge is 0.476 e. The van der Waals surface area contributed by atoms with Gasteiger partial charge in [0.05, 0.1) is 18.4 Å². The number of rotatable bonds is 6. The maximum atomic E-state index is 12.8. The van der Waals surface area contributed by atoms with E-state index < -0.39 is 11.6 Å². The van der Waals surface area contributed by atoms with E-state index in [4.69, 9.17) is 14.2 Å². The minimum atomic E-state index is -0.937. The van der Waals surface area contributed by atoms with E-state index in [2.05, 4.69) is 0 Å². The molecule has 1 amide bonds. The first kappa shape index (κ1) is 22.0. The van der Waals surface area contributed by atoms with Crippen molar-refractivity contribution in [1.29, 1.82) is 0 Å². The summed E-state index contributed by atoms with van der Waals surface area (Å²) in [4.78, 5) is 26.4. The third-order valence-corrected chi connectivity index (χ3v) is 4.11. The molecule has 0 spiro atoms. The molecule has 0 bridgehead atoms. The summed E-state index contributed by atoms with van der Waals surface area (Å²) in [5, 5.41) is 0. The molecule has 6 nitrogen and oxygen atoms in total. The molecule has 2 rings (SSSR count). The van der Waals surface area contributed by atoms with E-state index in [1.54, 1.807) is 38.0 Å². The lowest BCUT2D eigenvalue weighted by atomic mass is 10.00. The molecule has 0 unspecified atom stereocenters. The third kappa shape index (κ3) is 4.75. The fourth-order valence-corrected chi connectivity index (χ4v) is 2.78. The minimum absolute atomic E-state index is 0.118. The molecule has 26 heavy (non-hydrogen) atoms. The summed E-state index contributed by atoms with van der Waals surface area (Å²) < 4.78 is 15.8. The van der Waals surface area contributed by atoms with Crippen LogP contribution in [0, 0.1) is 6.92 Å².